The Morgan fingerprint density at radius 1 is 1.16 bits per heavy atom. The van der Waals surface area contributed by atoms with Gasteiger partial charge >= 0.3 is 0 Å². The summed E-state index contributed by atoms with van der Waals surface area (Å²) in [5, 5.41) is 22.5. The molecule has 38 heavy (non-hydrogen) atoms. The number of anilines is 1. The molecule has 2 aromatic carbocycles. The maximum absolute atomic E-state index is 13.4. The van der Waals surface area contributed by atoms with Crippen LogP contribution in [0.1, 0.15) is 33.8 Å². The van der Waals surface area contributed by atoms with Crippen LogP contribution in [0.25, 0.3) is 0 Å². The van der Waals surface area contributed by atoms with Crippen LogP contribution in [0.3, 0.4) is 0 Å². The lowest BCUT2D eigenvalue weighted by Gasteiger charge is -2.24. The predicted molar refractivity (Wildman–Crippen MR) is 152 cm³/mol. The van der Waals surface area contributed by atoms with E-state index in [1.165, 1.54) is 39.3 Å². The second-order valence-electron chi connectivity index (χ2n) is 8.02. The topological polar surface area (TPSA) is 92.6 Å². The highest BCUT2D eigenvalue weighted by Crippen LogP contribution is 2.44. The number of thiophene rings is 1. The van der Waals surface area contributed by atoms with Gasteiger partial charge in [0.15, 0.2) is 10.1 Å². The Labute approximate surface area is 240 Å². The van der Waals surface area contributed by atoms with Crippen molar-refractivity contribution in [1.29, 1.82) is 0 Å². The molecular formula is C26H19Cl2N3O4S3. The van der Waals surface area contributed by atoms with Crippen molar-refractivity contribution in [2.45, 2.75) is 23.1 Å². The number of amides is 1. The third-order valence-electron chi connectivity index (χ3n) is 5.67. The van der Waals surface area contributed by atoms with Crippen molar-refractivity contribution in [2.24, 2.45) is 0 Å². The maximum atomic E-state index is 13.4. The predicted octanol–water partition coefficient (Wildman–Crippen LogP) is 7.38. The number of carbonyl (C=O) groups excluding carboxylic acids is 2. The lowest BCUT2D eigenvalue weighted by atomic mass is 9.95. The second-order valence-corrected chi connectivity index (χ2v) is 12.0. The van der Waals surface area contributed by atoms with Crippen LogP contribution in [-0.2, 0) is 10.5 Å². The number of benzene rings is 2. The molecule has 0 radical (unpaired) electrons. The number of hydrogen-bond donors (Lipinski definition) is 1. The minimum absolute atomic E-state index is 0.000964. The Balaban J connectivity index is 1.47. The van der Waals surface area contributed by atoms with E-state index in [9.17, 15) is 14.7 Å². The monoisotopic (exact) mass is 603 g/mol. The van der Waals surface area contributed by atoms with Crippen molar-refractivity contribution >= 4 is 74.5 Å². The third kappa shape index (κ3) is 5.32. The number of aliphatic hydroxyl groups excluding tert-OH is 1. The van der Waals surface area contributed by atoms with Gasteiger partial charge in [-0.3, -0.25) is 14.5 Å². The molecule has 4 aromatic rings. The van der Waals surface area contributed by atoms with Gasteiger partial charge < -0.3 is 9.84 Å². The molecule has 1 aliphatic heterocycles. The normalized spacial score (nSPS) is 15.4. The van der Waals surface area contributed by atoms with Crippen LogP contribution in [0, 0.1) is 0 Å². The van der Waals surface area contributed by atoms with E-state index >= 15 is 0 Å². The standard InChI is InChI=1S/C26H19Cl2N3O4S3/c1-2-35-17-9-6-14(7-10-17)21-20(22(32)19-4-3-11-36-19)23(33)24(34)31(21)25-29-30-26(38-25)37-13-15-5-8-16(27)12-18(15)28/h3-12,21,33H,2,13H2,1H3. The van der Waals surface area contributed by atoms with Crippen LogP contribution < -0.4 is 9.64 Å². The Morgan fingerprint density at radius 2 is 1.95 bits per heavy atom. The van der Waals surface area contributed by atoms with Gasteiger partial charge in [0.05, 0.1) is 23.1 Å². The van der Waals surface area contributed by atoms with Gasteiger partial charge in [0, 0.05) is 15.8 Å². The van der Waals surface area contributed by atoms with E-state index in [1.54, 1.807) is 53.9 Å². The molecule has 1 N–H and O–H groups in total. The van der Waals surface area contributed by atoms with Crippen molar-refractivity contribution in [3.8, 4) is 5.75 Å². The average molecular weight is 605 g/mol. The molecule has 0 aliphatic carbocycles. The zero-order valence-corrected chi connectivity index (χ0v) is 23.7. The summed E-state index contributed by atoms with van der Waals surface area (Å²) in [5.74, 6) is -0.547. The summed E-state index contributed by atoms with van der Waals surface area (Å²) in [6.45, 7) is 2.39. The quantitative estimate of drug-likeness (QED) is 0.121. The number of aliphatic hydroxyl groups is 1. The number of thioether (sulfide) groups is 1. The summed E-state index contributed by atoms with van der Waals surface area (Å²) in [6, 6.07) is 14.9. The largest absolute Gasteiger partial charge is 0.503 e. The fraction of sp³-hybridized carbons (Fsp3) is 0.154. The number of Topliss-reactive ketones (excluding diaryl/α,β-unsaturated/α-hetero) is 1. The summed E-state index contributed by atoms with van der Waals surface area (Å²) in [4.78, 5) is 28.5. The van der Waals surface area contributed by atoms with Crippen LogP contribution in [0.15, 0.2) is 75.6 Å². The number of halogens is 2. The highest BCUT2D eigenvalue weighted by Gasteiger charge is 2.46. The summed E-state index contributed by atoms with van der Waals surface area (Å²) < 4.78 is 6.14. The van der Waals surface area contributed by atoms with E-state index in [0.717, 1.165) is 5.56 Å². The highest BCUT2D eigenvalue weighted by molar-refractivity contribution is 8.00. The molecule has 0 spiro atoms. The van der Waals surface area contributed by atoms with Gasteiger partial charge in [-0.15, -0.1) is 21.5 Å². The molecule has 1 aliphatic rings. The first-order chi connectivity index (χ1) is 18.4. The number of nitrogens with zero attached hydrogens (tertiary/aromatic N) is 3. The summed E-state index contributed by atoms with van der Waals surface area (Å²) in [7, 11) is 0. The summed E-state index contributed by atoms with van der Waals surface area (Å²) in [6.07, 6.45) is 0. The fourth-order valence-electron chi connectivity index (χ4n) is 3.94. The van der Waals surface area contributed by atoms with Gasteiger partial charge in [-0.1, -0.05) is 70.6 Å². The maximum Gasteiger partial charge on any atom is 0.296 e. The van der Waals surface area contributed by atoms with Crippen LogP contribution in [0.5, 0.6) is 5.75 Å². The van der Waals surface area contributed by atoms with E-state index < -0.39 is 23.5 Å². The van der Waals surface area contributed by atoms with Crippen LogP contribution in [0.4, 0.5) is 5.13 Å². The first kappa shape index (κ1) is 26.7. The van der Waals surface area contributed by atoms with Crippen LogP contribution >= 0.6 is 57.6 Å². The number of hydrogen-bond acceptors (Lipinski definition) is 9. The molecular weight excluding hydrogens is 585 g/mol. The first-order valence-electron chi connectivity index (χ1n) is 11.3. The van der Waals surface area contributed by atoms with Crippen molar-refractivity contribution in [1.82, 2.24) is 10.2 Å². The minimum Gasteiger partial charge on any atom is -0.503 e. The Morgan fingerprint density at radius 3 is 2.63 bits per heavy atom. The minimum atomic E-state index is -0.885. The van der Waals surface area contributed by atoms with E-state index in [4.69, 9.17) is 27.9 Å². The van der Waals surface area contributed by atoms with Gasteiger partial charge in [0.25, 0.3) is 5.91 Å². The van der Waals surface area contributed by atoms with Gasteiger partial charge in [-0.25, -0.2) is 0 Å². The first-order valence-corrected chi connectivity index (χ1v) is 14.8. The molecule has 0 saturated heterocycles. The second kappa shape index (κ2) is 11.5. The number of rotatable bonds is 9. The Hall–Kier alpha value is -2.89. The molecule has 194 valence electrons. The number of ketones is 1. The molecule has 7 nitrogen and oxygen atoms in total. The van der Waals surface area contributed by atoms with Crippen molar-refractivity contribution in [3.63, 3.8) is 0 Å². The molecule has 2 aromatic heterocycles. The van der Waals surface area contributed by atoms with E-state index in [2.05, 4.69) is 10.2 Å². The molecule has 0 saturated carbocycles. The third-order valence-corrected chi connectivity index (χ3v) is 9.23. The molecule has 1 atom stereocenters. The zero-order chi connectivity index (χ0) is 26.8. The van der Waals surface area contributed by atoms with Crippen molar-refractivity contribution in [3.05, 3.63) is 97.4 Å². The summed E-state index contributed by atoms with van der Waals surface area (Å²) >= 11 is 16.1. The molecule has 1 amide bonds. The average Bonchev–Trinajstić information content (AvgIpc) is 3.65. The molecule has 12 heteroatoms. The molecule has 0 fully saturated rings. The van der Waals surface area contributed by atoms with Gasteiger partial charge in [0.1, 0.15) is 5.75 Å². The van der Waals surface area contributed by atoms with E-state index in [-0.39, 0.29) is 10.7 Å². The number of carbonyl (C=O) groups is 2. The van der Waals surface area contributed by atoms with Crippen LogP contribution in [-0.4, -0.2) is 33.6 Å². The van der Waals surface area contributed by atoms with Crippen molar-refractivity contribution < 1.29 is 19.4 Å². The van der Waals surface area contributed by atoms with Gasteiger partial charge in [-0.2, -0.15) is 0 Å². The molecule has 3 heterocycles. The highest BCUT2D eigenvalue weighted by atomic mass is 35.5. The Kier molecular flexibility index (Phi) is 8.06. The zero-order valence-electron chi connectivity index (χ0n) is 19.8. The summed E-state index contributed by atoms with van der Waals surface area (Å²) in [5.41, 5.74) is 1.51. The lowest BCUT2D eigenvalue weighted by Crippen LogP contribution is -2.31. The molecule has 0 bridgehead atoms. The number of ether oxygens (including phenoxy) is 1. The fourth-order valence-corrected chi connectivity index (χ4v) is 7.04. The molecule has 5 rings (SSSR count). The lowest BCUT2D eigenvalue weighted by molar-refractivity contribution is -0.117. The molecule has 1 unspecified atom stereocenters. The van der Waals surface area contributed by atoms with Crippen LogP contribution in [0.2, 0.25) is 10.0 Å². The van der Waals surface area contributed by atoms with E-state index in [0.29, 0.717) is 42.9 Å². The smallest absolute Gasteiger partial charge is 0.296 e. The Bertz CT molecular complexity index is 1520. The van der Waals surface area contributed by atoms with Gasteiger partial charge in [-0.05, 0) is 53.8 Å². The van der Waals surface area contributed by atoms with Gasteiger partial charge in [0.2, 0.25) is 10.9 Å². The number of aromatic nitrogens is 2. The SMILES string of the molecule is CCOc1ccc(C2C(C(=O)c3cccs3)=C(O)C(=O)N2c2nnc(SCc3ccc(Cl)cc3Cl)s2)cc1. The van der Waals surface area contributed by atoms with E-state index in [1.807, 2.05) is 13.0 Å². The van der Waals surface area contributed by atoms with Crippen molar-refractivity contribution in [2.75, 3.05) is 11.5 Å².